The molecule has 0 amide bonds. The number of nitrogens with one attached hydrogen (secondary N) is 1. The molecule has 2 unspecified atom stereocenters. The van der Waals surface area contributed by atoms with Crippen molar-refractivity contribution in [2.75, 3.05) is 18.0 Å². The maximum Gasteiger partial charge on any atom is 0.170 e. The number of hydrogen-bond acceptors (Lipinski definition) is 3. The molecule has 0 radical (unpaired) electrons. The van der Waals surface area contributed by atoms with E-state index in [-0.39, 0.29) is 5.82 Å². The molecule has 2 aliphatic rings. The van der Waals surface area contributed by atoms with E-state index in [1.807, 2.05) is 6.92 Å². The first kappa shape index (κ1) is 13.8. The van der Waals surface area contributed by atoms with Gasteiger partial charge in [0.05, 0.1) is 0 Å². The molecular formula is C16H24FN3. The second-order valence-electron chi connectivity index (χ2n) is 5.98. The Labute approximate surface area is 120 Å². The lowest BCUT2D eigenvalue weighted by atomic mass is 9.92. The Bertz CT molecular complexity index is 463. The molecule has 0 bridgehead atoms. The predicted octanol–water partition coefficient (Wildman–Crippen LogP) is 3.10. The normalized spacial score (nSPS) is 25.8. The smallest absolute Gasteiger partial charge is 0.170 e. The topological polar surface area (TPSA) is 28.2 Å². The zero-order valence-corrected chi connectivity index (χ0v) is 12.2. The molecule has 1 saturated heterocycles. The van der Waals surface area contributed by atoms with Crippen LogP contribution in [-0.2, 0) is 6.54 Å². The molecule has 1 aliphatic heterocycles. The summed E-state index contributed by atoms with van der Waals surface area (Å²) in [6.07, 6.45) is 8.01. The lowest BCUT2D eigenvalue weighted by molar-refractivity contribution is 0.356. The number of anilines is 1. The van der Waals surface area contributed by atoms with Gasteiger partial charge in [-0.05, 0) is 44.2 Å². The molecule has 0 spiro atoms. The van der Waals surface area contributed by atoms with Crippen LogP contribution < -0.4 is 10.2 Å². The van der Waals surface area contributed by atoms with Crippen molar-refractivity contribution in [3.8, 4) is 0 Å². The monoisotopic (exact) mass is 277 g/mol. The summed E-state index contributed by atoms with van der Waals surface area (Å²) < 4.78 is 14.7. The predicted molar refractivity (Wildman–Crippen MR) is 79.3 cm³/mol. The quantitative estimate of drug-likeness (QED) is 0.916. The average molecular weight is 277 g/mol. The number of nitrogens with zero attached hydrogens (tertiary/aromatic N) is 2. The molecule has 4 heteroatoms. The van der Waals surface area contributed by atoms with Gasteiger partial charge in [0.15, 0.2) is 11.6 Å². The fraction of sp³-hybridized carbons (Fsp3) is 0.688. The molecule has 1 aromatic rings. The Balaban J connectivity index is 1.85. The summed E-state index contributed by atoms with van der Waals surface area (Å²) in [5.74, 6) is 1.21. The maximum atomic E-state index is 14.7. The van der Waals surface area contributed by atoms with Crippen molar-refractivity contribution in [1.82, 2.24) is 10.3 Å². The SMILES string of the molecule is CCNCc1ccnc(N2CCCC3CCCC32)c1F. The van der Waals surface area contributed by atoms with Crippen LogP contribution >= 0.6 is 0 Å². The fourth-order valence-electron chi connectivity index (χ4n) is 3.78. The molecule has 20 heavy (non-hydrogen) atoms. The molecule has 1 saturated carbocycles. The van der Waals surface area contributed by atoms with E-state index >= 15 is 0 Å². The van der Waals surface area contributed by atoms with Crippen LogP contribution in [0.25, 0.3) is 0 Å². The minimum Gasteiger partial charge on any atom is -0.351 e. The van der Waals surface area contributed by atoms with Crippen LogP contribution in [0.2, 0.25) is 0 Å². The molecule has 2 atom stereocenters. The average Bonchev–Trinajstić information content (AvgIpc) is 2.95. The van der Waals surface area contributed by atoms with Crippen LogP contribution in [0.15, 0.2) is 12.3 Å². The number of aromatic nitrogens is 1. The van der Waals surface area contributed by atoms with Crippen LogP contribution in [0.3, 0.4) is 0 Å². The highest BCUT2D eigenvalue weighted by Gasteiger charge is 2.36. The number of rotatable bonds is 4. The number of piperidine rings is 1. The molecule has 3 rings (SSSR count). The Morgan fingerprint density at radius 1 is 1.35 bits per heavy atom. The standard InChI is InChI=1S/C16H24FN3/c1-2-18-11-13-8-9-19-16(15(13)17)20-10-4-6-12-5-3-7-14(12)20/h8-9,12,14,18H,2-7,10-11H2,1H3. The third-order valence-corrected chi connectivity index (χ3v) is 4.78. The Morgan fingerprint density at radius 2 is 2.20 bits per heavy atom. The molecule has 2 fully saturated rings. The number of hydrogen-bond donors (Lipinski definition) is 1. The summed E-state index contributed by atoms with van der Waals surface area (Å²) in [5, 5.41) is 3.20. The molecule has 3 nitrogen and oxygen atoms in total. The van der Waals surface area contributed by atoms with Crippen LogP contribution in [0, 0.1) is 11.7 Å². The highest BCUT2D eigenvalue weighted by Crippen LogP contribution is 2.39. The van der Waals surface area contributed by atoms with E-state index in [0.717, 1.165) is 24.6 Å². The van der Waals surface area contributed by atoms with Gasteiger partial charge in [-0.15, -0.1) is 0 Å². The first-order valence-electron chi connectivity index (χ1n) is 7.92. The van der Waals surface area contributed by atoms with Gasteiger partial charge in [-0.3, -0.25) is 0 Å². The summed E-state index contributed by atoms with van der Waals surface area (Å²) in [6.45, 7) is 4.43. The van der Waals surface area contributed by atoms with Crippen molar-refractivity contribution in [2.45, 2.75) is 51.6 Å². The van der Waals surface area contributed by atoms with Gasteiger partial charge in [0, 0.05) is 30.9 Å². The largest absolute Gasteiger partial charge is 0.351 e. The van der Waals surface area contributed by atoms with E-state index in [1.54, 1.807) is 12.3 Å². The van der Waals surface area contributed by atoms with Crippen molar-refractivity contribution >= 4 is 5.82 Å². The molecule has 2 heterocycles. The second-order valence-corrected chi connectivity index (χ2v) is 5.98. The van der Waals surface area contributed by atoms with Gasteiger partial charge in [0.2, 0.25) is 0 Å². The van der Waals surface area contributed by atoms with E-state index in [2.05, 4.69) is 15.2 Å². The summed E-state index contributed by atoms with van der Waals surface area (Å²) in [4.78, 5) is 6.60. The Hall–Kier alpha value is -1.16. The summed E-state index contributed by atoms with van der Waals surface area (Å²) in [6, 6.07) is 2.30. The van der Waals surface area contributed by atoms with Crippen LogP contribution in [-0.4, -0.2) is 24.1 Å². The Kier molecular flexibility index (Phi) is 4.20. The van der Waals surface area contributed by atoms with Crippen LogP contribution in [0.4, 0.5) is 10.2 Å². The number of fused-ring (bicyclic) bond motifs is 1. The highest BCUT2D eigenvalue weighted by molar-refractivity contribution is 5.45. The first-order valence-corrected chi connectivity index (χ1v) is 7.92. The van der Waals surface area contributed by atoms with E-state index in [9.17, 15) is 4.39 Å². The van der Waals surface area contributed by atoms with Crippen molar-refractivity contribution in [3.05, 3.63) is 23.6 Å². The van der Waals surface area contributed by atoms with E-state index < -0.39 is 0 Å². The highest BCUT2D eigenvalue weighted by atomic mass is 19.1. The summed E-state index contributed by atoms with van der Waals surface area (Å²) in [5.41, 5.74) is 0.733. The molecule has 1 aliphatic carbocycles. The van der Waals surface area contributed by atoms with Crippen molar-refractivity contribution in [3.63, 3.8) is 0 Å². The molecule has 1 N–H and O–H groups in total. The van der Waals surface area contributed by atoms with Gasteiger partial charge in [-0.1, -0.05) is 13.3 Å². The van der Waals surface area contributed by atoms with Crippen molar-refractivity contribution < 1.29 is 4.39 Å². The van der Waals surface area contributed by atoms with E-state index in [4.69, 9.17) is 0 Å². The minimum absolute atomic E-state index is 0.124. The minimum atomic E-state index is -0.124. The molecular weight excluding hydrogens is 253 g/mol. The van der Waals surface area contributed by atoms with E-state index in [1.165, 1.54) is 32.1 Å². The van der Waals surface area contributed by atoms with Gasteiger partial charge < -0.3 is 10.2 Å². The second kappa shape index (κ2) is 6.08. The van der Waals surface area contributed by atoms with Gasteiger partial charge in [-0.25, -0.2) is 9.37 Å². The fourth-order valence-corrected chi connectivity index (χ4v) is 3.78. The number of halogens is 1. The van der Waals surface area contributed by atoms with Crippen LogP contribution in [0.5, 0.6) is 0 Å². The van der Waals surface area contributed by atoms with Crippen molar-refractivity contribution in [2.24, 2.45) is 5.92 Å². The van der Waals surface area contributed by atoms with Gasteiger partial charge >= 0.3 is 0 Å². The molecule has 110 valence electrons. The van der Waals surface area contributed by atoms with Gasteiger partial charge in [0.1, 0.15) is 0 Å². The summed E-state index contributed by atoms with van der Waals surface area (Å²) >= 11 is 0. The number of pyridine rings is 1. The molecule has 1 aromatic heterocycles. The molecule has 0 aromatic carbocycles. The van der Waals surface area contributed by atoms with Gasteiger partial charge in [-0.2, -0.15) is 0 Å². The maximum absolute atomic E-state index is 14.7. The first-order chi connectivity index (χ1) is 9.81. The lowest BCUT2D eigenvalue weighted by Crippen LogP contribution is -2.43. The third-order valence-electron chi connectivity index (χ3n) is 4.78. The zero-order chi connectivity index (χ0) is 13.9. The van der Waals surface area contributed by atoms with Crippen molar-refractivity contribution in [1.29, 1.82) is 0 Å². The third kappa shape index (κ3) is 2.53. The van der Waals surface area contributed by atoms with E-state index in [0.29, 0.717) is 18.4 Å². The summed E-state index contributed by atoms with van der Waals surface area (Å²) in [7, 11) is 0. The zero-order valence-electron chi connectivity index (χ0n) is 12.2. The van der Waals surface area contributed by atoms with Crippen LogP contribution in [0.1, 0.15) is 44.6 Å². The lowest BCUT2D eigenvalue weighted by Gasteiger charge is -2.38. The Morgan fingerprint density at radius 3 is 3.05 bits per heavy atom. The van der Waals surface area contributed by atoms with Gasteiger partial charge in [0.25, 0.3) is 0 Å².